The van der Waals surface area contributed by atoms with Gasteiger partial charge in [-0.1, -0.05) is 64.2 Å². The molecule has 2 amide bonds. The lowest BCUT2D eigenvalue weighted by atomic mass is 9.93. The Morgan fingerprint density at radius 3 is 2.19 bits per heavy atom. The quantitative estimate of drug-likeness (QED) is 0.106. The third kappa shape index (κ3) is 13.6. The molecule has 9 nitrogen and oxygen atoms in total. The van der Waals surface area contributed by atoms with E-state index in [1.165, 1.54) is 0 Å². The molecule has 0 aliphatic rings. The van der Waals surface area contributed by atoms with Gasteiger partial charge in [0, 0.05) is 34.6 Å². The van der Waals surface area contributed by atoms with Gasteiger partial charge in [-0.25, -0.2) is 4.98 Å². The van der Waals surface area contributed by atoms with Crippen LogP contribution < -0.4 is 15.8 Å². The first-order chi connectivity index (χ1) is 22.7. The molecule has 2 heterocycles. The number of pyridine rings is 2. The van der Waals surface area contributed by atoms with E-state index in [4.69, 9.17) is 9.53 Å². The number of hydrogen-bond donors (Lipinski definition) is 3. The van der Waals surface area contributed by atoms with E-state index in [1.807, 2.05) is 75.4 Å². The van der Waals surface area contributed by atoms with Gasteiger partial charge in [-0.3, -0.25) is 19.4 Å². The first kappa shape index (κ1) is 39.5. The summed E-state index contributed by atoms with van der Waals surface area (Å²) in [4.78, 5) is 39.1. The fraction of sp³-hybridized carbons (Fsp3) is 0.289. The van der Waals surface area contributed by atoms with Gasteiger partial charge >= 0.3 is 0 Å². The molecule has 0 radical (unpaired) electrons. The second kappa shape index (κ2) is 22.1. The van der Waals surface area contributed by atoms with Crippen LogP contribution >= 0.6 is 0 Å². The largest absolute Gasteiger partial charge is 0.506 e. The number of benzene rings is 2. The smallest absolute Gasteiger partial charge is 0.208 e. The minimum atomic E-state index is -0.213. The lowest BCUT2D eigenvalue weighted by Gasteiger charge is -2.12. The van der Waals surface area contributed by atoms with Crippen LogP contribution in [-0.2, 0) is 16.0 Å². The van der Waals surface area contributed by atoms with Crippen molar-refractivity contribution in [2.24, 2.45) is 11.7 Å². The lowest BCUT2D eigenvalue weighted by Crippen LogP contribution is -2.22. The van der Waals surface area contributed by atoms with Crippen molar-refractivity contribution in [3.8, 4) is 45.9 Å². The number of rotatable bonds is 9. The molecule has 248 valence electrons. The van der Waals surface area contributed by atoms with E-state index >= 15 is 0 Å². The number of aromatic nitrogens is 2. The summed E-state index contributed by atoms with van der Waals surface area (Å²) in [5.41, 5.74) is 9.90. The molecular weight excluding hydrogens is 592 g/mol. The normalized spacial score (nSPS) is 10.7. The summed E-state index contributed by atoms with van der Waals surface area (Å²) in [5.74, 6) is 7.51. The summed E-state index contributed by atoms with van der Waals surface area (Å²) in [5, 5.41) is 12.8. The number of methoxy groups -OCH3 is 1. The van der Waals surface area contributed by atoms with Crippen molar-refractivity contribution in [3.63, 3.8) is 0 Å². The number of aromatic hydroxyl groups is 1. The molecule has 47 heavy (non-hydrogen) atoms. The third-order valence-corrected chi connectivity index (χ3v) is 6.72. The highest BCUT2D eigenvalue weighted by atomic mass is 16.5. The molecule has 9 heteroatoms. The molecule has 2 aromatic carbocycles. The van der Waals surface area contributed by atoms with Gasteiger partial charge in [0.1, 0.15) is 17.2 Å². The second-order valence-corrected chi connectivity index (χ2v) is 10.1. The van der Waals surface area contributed by atoms with Gasteiger partial charge < -0.3 is 20.9 Å². The molecule has 4 N–H and O–H groups in total. The van der Waals surface area contributed by atoms with Gasteiger partial charge in [-0.2, -0.15) is 0 Å². The van der Waals surface area contributed by atoms with Crippen molar-refractivity contribution in [1.82, 2.24) is 15.3 Å². The van der Waals surface area contributed by atoms with Crippen LogP contribution in [0.15, 0.2) is 79.1 Å². The van der Waals surface area contributed by atoms with E-state index in [-0.39, 0.29) is 24.0 Å². The Morgan fingerprint density at radius 1 is 1.00 bits per heavy atom. The highest BCUT2D eigenvalue weighted by Crippen LogP contribution is 2.30. The number of nitrogens with zero attached hydrogens (tertiary/aromatic N) is 2. The van der Waals surface area contributed by atoms with E-state index in [0.29, 0.717) is 18.0 Å². The zero-order chi connectivity index (χ0) is 35.2. The van der Waals surface area contributed by atoms with Crippen LogP contribution in [-0.4, -0.2) is 46.8 Å². The number of carbonyl (C=O) groups is 3. The fourth-order valence-corrected chi connectivity index (χ4v) is 4.10. The maximum Gasteiger partial charge on any atom is 0.208 e. The average Bonchev–Trinajstić information content (AvgIpc) is 3.10. The van der Waals surface area contributed by atoms with Crippen molar-refractivity contribution < 1.29 is 24.2 Å². The van der Waals surface area contributed by atoms with Gasteiger partial charge in [0.2, 0.25) is 12.8 Å². The molecule has 0 bridgehead atoms. The summed E-state index contributed by atoms with van der Waals surface area (Å²) in [6.45, 7) is 11.8. The highest BCUT2D eigenvalue weighted by Gasteiger charge is 2.11. The molecular formula is C38H46N4O5. The third-order valence-electron chi connectivity index (χ3n) is 6.72. The molecule has 2 aromatic heterocycles. The Morgan fingerprint density at radius 2 is 1.64 bits per heavy atom. The second-order valence-electron chi connectivity index (χ2n) is 10.1. The van der Waals surface area contributed by atoms with Crippen molar-refractivity contribution >= 4 is 18.6 Å². The first-order valence-corrected chi connectivity index (χ1v) is 15.4. The molecule has 0 fully saturated rings. The number of hydrogen-bond acceptors (Lipinski definition) is 7. The molecule has 4 rings (SSSR count). The van der Waals surface area contributed by atoms with Gasteiger partial charge in [-0.15, -0.1) is 0 Å². The minimum Gasteiger partial charge on any atom is -0.506 e. The monoisotopic (exact) mass is 638 g/mol. The molecule has 2 atom stereocenters. The van der Waals surface area contributed by atoms with Gasteiger partial charge in [-0.05, 0) is 80.3 Å². The Balaban J connectivity index is 0.000000451. The summed E-state index contributed by atoms with van der Waals surface area (Å²) in [6, 6.07) is 20.1. The Hall–Kier alpha value is -5.49. The first-order valence-electron chi connectivity index (χ1n) is 15.4. The van der Waals surface area contributed by atoms with Crippen molar-refractivity contribution in [2.75, 3.05) is 7.11 Å². The minimum absolute atomic E-state index is 0.109. The number of amides is 2. The SMILES string of the molecule is CC.CC(C#Cc1ccc(-c2nc(-c3ccncc3)ccc2O)cc1)NC=O.CCC(C)Cc1ccc(OC)cc1C(C)=O.NC=O. The standard InChI is InChI=1S/C21H17N3O2.C14H20O2.C2H6.CH3NO/c1-15(23-14-25)2-3-16-4-6-18(7-5-16)21-20(26)9-8-19(24-21)17-10-12-22-13-11-17;1-5-10(2)8-12-6-7-13(16-4)9-14(12)11(3)15;1-2;2-1-3/h4-15,26H,1H3,(H,23,25);6-7,9-10H,5,8H2,1-4H3;1-2H3;1H,(H2,2,3). The molecule has 0 saturated heterocycles. The number of nitrogens with two attached hydrogens (primary N) is 1. The Kier molecular flexibility index (Phi) is 18.6. The van der Waals surface area contributed by atoms with Crippen LogP contribution in [0, 0.1) is 17.8 Å². The van der Waals surface area contributed by atoms with Crippen LogP contribution in [0.4, 0.5) is 0 Å². The predicted molar refractivity (Wildman–Crippen MR) is 188 cm³/mol. The molecule has 2 unspecified atom stereocenters. The molecule has 4 aromatic rings. The topological polar surface area (TPSA) is 145 Å². The van der Waals surface area contributed by atoms with Crippen LogP contribution in [0.3, 0.4) is 0 Å². The number of primary amides is 1. The fourth-order valence-electron chi connectivity index (χ4n) is 4.10. The van der Waals surface area contributed by atoms with Gasteiger partial charge in [0.15, 0.2) is 5.78 Å². The maximum atomic E-state index is 11.5. The van der Waals surface area contributed by atoms with Crippen molar-refractivity contribution in [3.05, 3.63) is 95.8 Å². The zero-order valence-electron chi connectivity index (χ0n) is 28.3. The van der Waals surface area contributed by atoms with Crippen LogP contribution in [0.25, 0.3) is 22.5 Å². The van der Waals surface area contributed by atoms with E-state index in [2.05, 4.69) is 46.7 Å². The van der Waals surface area contributed by atoms with E-state index in [0.717, 1.165) is 52.1 Å². The van der Waals surface area contributed by atoms with Gasteiger partial charge in [0.25, 0.3) is 0 Å². The number of carbonyl (C=O) groups excluding carboxylic acids is 3. The lowest BCUT2D eigenvalue weighted by molar-refractivity contribution is -0.110. The molecule has 0 aliphatic carbocycles. The predicted octanol–water partition coefficient (Wildman–Crippen LogP) is 6.62. The summed E-state index contributed by atoms with van der Waals surface area (Å²) in [7, 11) is 1.62. The summed E-state index contributed by atoms with van der Waals surface area (Å²) in [6.07, 6.45) is 6.38. The Bertz CT molecular complexity index is 1600. The zero-order valence-corrected chi connectivity index (χ0v) is 28.3. The Labute approximate surface area is 278 Å². The number of Topliss-reactive ketones (excluding diaryl/α,β-unsaturated/α-hetero) is 1. The molecule has 0 spiro atoms. The molecule has 0 aliphatic heterocycles. The van der Waals surface area contributed by atoms with Crippen LogP contribution in [0.5, 0.6) is 11.5 Å². The van der Waals surface area contributed by atoms with Gasteiger partial charge in [0.05, 0.1) is 18.8 Å². The number of ether oxygens (including phenoxy) is 1. The van der Waals surface area contributed by atoms with Crippen molar-refractivity contribution in [2.45, 2.75) is 60.4 Å². The highest BCUT2D eigenvalue weighted by molar-refractivity contribution is 5.96. The van der Waals surface area contributed by atoms with E-state index < -0.39 is 0 Å². The summed E-state index contributed by atoms with van der Waals surface area (Å²) < 4.78 is 5.14. The van der Waals surface area contributed by atoms with Crippen LogP contribution in [0.1, 0.15) is 69.4 Å². The number of nitrogens with one attached hydrogen (secondary N) is 1. The average molecular weight is 639 g/mol. The number of ketones is 1. The van der Waals surface area contributed by atoms with E-state index in [9.17, 15) is 14.7 Å². The van der Waals surface area contributed by atoms with Crippen molar-refractivity contribution in [1.29, 1.82) is 0 Å². The van der Waals surface area contributed by atoms with E-state index in [1.54, 1.807) is 38.6 Å². The molecule has 0 saturated carbocycles. The maximum absolute atomic E-state index is 11.5. The summed E-state index contributed by atoms with van der Waals surface area (Å²) >= 11 is 0. The van der Waals surface area contributed by atoms with Crippen LogP contribution in [0.2, 0.25) is 0 Å².